The van der Waals surface area contributed by atoms with Crippen LogP contribution in [-0.2, 0) is 0 Å². The van der Waals surface area contributed by atoms with E-state index in [0.29, 0.717) is 11.3 Å². The number of hydrogen-bond acceptors (Lipinski definition) is 6. The first-order valence-electron chi connectivity index (χ1n) is 9.56. The second-order valence-electron chi connectivity index (χ2n) is 6.56. The average molecular weight is 425 g/mol. The Bertz CT molecular complexity index is 1360. The van der Waals surface area contributed by atoms with Gasteiger partial charge in [0.05, 0.1) is 11.9 Å². The average Bonchev–Trinajstić information content (AvgIpc) is 2.82. The maximum absolute atomic E-state index is 14.8. The Morgan fingerprint density at radius 1 is 1.03 bits per heavy atom. The predicted molar refractivity (Wildman–Crippen MR) is 119 cm³/mol. The molecular formula is C24H16FN5O2. The fourth-order valence-corrected chi connectivity index (χ4v) is 2.92. The monoisotopic (exact) mass is 425 g/mol. The number of H-pyrrole nitrogens is 1. The van der Waals surface area contributed by atoms with Crippen LogP contribution in [0, 0.1) is 17.1 Å². The lowest BCUT2D eigenvalue weighted by Crippen LogP contribution is -2.16. The van der Waals surface area contributed by atoms with Crippen LogP contribution in [0.3, 0.4) is 0 Å². The van der Waals surface area contributed by atoms with E-state index >= 15 is 0 Å². The number of aromatic nitrogens is 2. The first-order chi connectivity index (χ1) is 15.7. The molecule has 0 aliphatic heterocycles. The van der Waals surface area contributed by atoms with Crippen molar-refractivity contribution in [3.05, 3.63) is 106 Å². The van der Waals surface area contributed by atoms with E-state index in [4.69, 9.17) is 4.74 Å². The van der Waals surface area contributed by atoms with Gasteiger partial charge < -0.3 is 4.74 Å². The van der Waals surface area contributed by atoms with Gasteiger partial charge in [-0.2, -0.15) is 10.4 Å². The van der Waals surface area contributed by atoms with Gasteiger partial charge in [-0.3, -0.25) is 9.78 Å². The van der Waals surface area contributed by atoms with Crippen LogP contribution in [0.2, 0.25) is 0 Å². The third-order valence-corrected chi connectivity index (χ3v) is 4.42. The van der Waals surface area contributed by atoms with Crippen LogP contribution >= 0.6 is 0 Å². The Labute approximate surface area is 182 Å². The number of benzene rings is 3. The summed E-state index contributed by atoms with van der Waals surface area (Å²) in [6, 6.07) is 24.3. The molecule has 0 spiro atoms. The summed E-state index contributed by atoms with van der Waals surface area (Å²) in [6.45, 7) is 0. The third kappa shape index (κ3) is 4.52. The molecule has 0 saturated carbocycles. The second kappa shape index (κ2) is 9.36. The molecule has 4 rings (SSSR count). The normalized spacial score (nSPS) is 10.6. The lowest BCUT2D eigenvalue weighted by Gasteiger charge is -2.08. The SMILES string of the molecule is N#Cc1c(-c2ccccc2)nc(NN=Cc2cccc(Oc3ccccc3)c2F)[nH]c1=O. The van der Waals surface area contributed by atoms with Crippen molar-refractivity contribution < 1.29 is 9.13 Å². The van der Waals surface area contributed by atoms with Gasteiger partial charge in [0.15, 0.2) is 11.6 Å². The van der Waals surface area contributed by atoms with Gasteiger partial charge in [-0.25, -0.2) is 14.8 Å². The minimum absolute atomic E-state index is 0.0150. The topological polar surface area (TPSA) is 103 Å². The van der Waals surface area contributed by atoms with Gasteiger partial charge in [0.2, 0.25) is 5.95 Å². The molecule has 4 aromatic rings. The quantitative estimate of drug-likeness (QED) is 0.345. The maximum atomic E-state index is 14.8. The van der Waals surface area contributed by atoms with Crippen LogP contribution in [-0.4, -0.2) is 16.2 Å². The summed E-state index contributed by atoms with van der Waals surface area (Å²) >= 11 is 0. The van der Waals surface area contributed by atoms with E-state index in [2.05, 4.69) is 20.5 Å². The first kappa shape index (κ1) is 20.5. The molecule has 0 fully saturated rings. The second-order valence-corrected chi connectivity index (χ2v) is 6.56. The van der Waals surface area contributed by atoms with Crippen molar-refractivity contribution in [2.45, 2.75) is 0 Å². The smallest absolute Gasteiger partial charge is 0.270 e. The fourth-order valence-electron chi connectivity index (χ4n) is 2.92. The Hall–Kier alpha value is -4.77. The van der Waals surface area contributed by atoms with E-state index in [-0.39, 0.29) is 28.5 Å². The Balaban J connectivity index is 1.57. The first-order valence-corrected chi connectivity index (χ1v) is 9.56. The number of halogens is 1. The Morgan fingerprint density at radius 2 is 1.75 bits per heavy atom. The molecule has 0 aliphatic rings. The highest BCUT2D eigenvalue weighted by Gasteiger charge is 2.13. The summed E-state index contributed by atoms with van der Waals surface area (Å²) in [5, 5.41) is 13.3. The number of anilines is 1. The van der Waals surface area contributed by atoms with Crippen LogP contribution < -0.4 is 15.7 Å². The van der Waals surface area contributed by atoms with Gasteiger partial charge >= 0.3 is 0 Å². The molecule has 0 radical (unpaired) electrons. The molecule has 1 heterocycles. The van der Waals surface area contributed by atoms with Gasteiger partial charge in [-0.15, -0.1) is 0 Å². The molecule has 0 amide bonds. The summed E-state index contributed by atoms with van der Waals surface area (Å²) in [7, 11) is 0. The molecule has 2 N–H and O–H groups in total. The van der Waals surface area contributed by atoms with Crippen LogP contribution in [0.4, 0.5) is 10.3 Å². The molecule has 0 atom stereocenters. The number of nitrogens with zero attached hydrogens (tertiary/aromatic N) is 3. The lowest BCUT2D eigenvalue weighted by atomic mass is 10.1. The van der Waals surface area contributed by atoms with Crippen molar-refractivity contribution in [3.8, 4) is 28.8 Å². The number of ether oxygens (including phenoxy) is 1. The maximum Gasteiger partial charge on any atom is 0.270 e. The highest BCUT2D eigenvalue weighted by Crippen LogP contribution is 2.25. The largest absolute Gasteiger partial charge is 0.454 e. The van der Waals surface area contributed by atoms with Crippen molar-refractivity contribution in [2.75, 3.05) is 5.43 Å². The van der Waals surface area contributed by atoms with E-state index in [1.165, 1.54) is 18.3 Å². The molecule has 3 aromatic carbocycles. The number of nitrogens with one attached hydrogen (secondary N) is 2. The van der Waals surface area contributed by atoms with E-state index in [9.17, 15) is 14.4 Å². The predicted octanol–water partition coefficient (Wildman–Crippen LogP) is 4.69. The highest BCUT2D eigenvalue weighted by molar-refractivity contribution is 5.81. The molecule has 0 bridgehead atoms. The molecule has 1 aromatic heterocycles. The molecule has 0 unspecified atom stereocenters. The van der Waals surface area contributed by atoms with Gasteiger partial charge in [-0.05, 0) is 18.2 Å². The molecule has 0 saturated heterocycles. The number of para-hydroxylation sites is 1. The standard InChI is InChI=1S/C24H16FN5O2/c25-21-17(10-7-13-20(21)32-18-11-5-2-6-12-18)15-27-30-24-28-22(16-8-3-1-4-9-16)19(14-26)23(31)29-24/h1-13,15H,(H2,28,29,30,31). The number of hydrazone groups is 1. The number of hydrogen-bond donors (Lipinski definition) is 2. The molecule has 156 valence electrons. The summed E-state index contributed by atoms with van der Waals surface area (Å²) in [5.74, 6) is -0.0165. The van der Waals surface area contributed by atoms with E-state index in [1.54, 1.807) is 54.6 Å². The lowest BCUT2D eigenvalue weighted by molar-refractivity contribution is 0.442. The zero-order valence-corrected chi connectivity index (χ0v) is 16.6. The minimum Gasteiger partial charge on any atom is -0.454 e. The van der Waals surface area contributed by atoms with Crippen LogP contribution in [0.1, 0.15) is 11.1 Å². The number of rotatable bonds is 6. The van der Waals surface area contributed by atoms with Crippen molar-refractivity contribution in [2.24, 2.45) is 5.10 Å². The van der Waals surface area contributed by atoms with Gasteiger partial charge in [0.1, 0.15) is 17.4 Å². The molecule has 8 heteroatoms. The van der Waals surface area contributed by atoms with Crippen LogP contribution in [0.5, 0.6) is 11.5 Å². The zero-order chi connectivity index (χ0) is 22.3. The summed E-state index contributed by atoms with van der Waals surface area (Å²) in [4.78, 5) is 19.0. The Kier molecular flexibility index (Phi) is 6.00. The number of nitriles is 1. The third-order valence-electron chi connectivity index (χ3n) is 4.42. The van der Waals surface area contributed by atoms with Crippen molar-refractivity contribution in [1.29, 1.82) is 5.26 Å². The summed E-state index contributed by atoms with van der Waals surface area (Å²) in [6.07, 6.45) is 1.24. The van der Waals surface area contributed by atoms with Gasteiger partial charge in [0.25, 0.3) is 5.56 Å². The highest BCUT2D eigenvalue weighted by atomic mass is 19.1. The molecule has 32 heavy (non-hydrogen) atoms. The van der Waals surface area contributed by atoms with E-state index in [1.807, 2.05) is 18.2 Å². The van der Waals surface area contributed by atoms with E-state index in [0.717, 1.165) is 0 Å². The molecule has 7 nitrogen and oxygen atoms in total. The van der Waals surface area contributed by atoms with Crippen LogP contribution in [0.25, 0.3) is 11.3 Å². The Morgan fingerprint density at radius 3 is 2.47 bits per heavy atom. The summed E-state index contributed by atoms with van der Waals surface area (Å²) in [5.41, 5.74) is 2.86. The zero-order valence-electron chi connectivity index (χ0n) is 16.6. The summed E-state index contributed by atoms with van der Waals surface area (Å²) < 4.78 is 20.4. The van der Waals surface area contributed by atoms with E-state index < -0.39 is 11.4 Å². The minimum atomic E-state index is -0.608. The van der Waals surface area contributed by atoms with Crippen molar-refractivity contribution in [1.82, 2.24) is 9.97 Å². The van der Waals surface area contributed by atoms with Crippen LogP contribution in [0.15, 0.2) is 88.8 Å². The molecular weight excluding hydrogens is 409 g/mol. The number of aromatic amines is 1. The van der Waals surface area contributed by atoms with Crippen molar-refractivity contribution in [3.63, 3.8) is 0 Å². The molecule has 0 aliphatic carbocycles. The van der Waals surface area contributed by atoms with Gasteiger partial charge in [0, 0.05) is 11.1 Å². The van der Waals surface area contributed by atoms with Gasteiger partial charge in [-0.1, -0.05) is 60.7 Å². The fraction of sp³-hybridized carbons (Fsp3) is 0. The van der Waals surface area contributed by atoms with Crippen molar-refractivity contribution >= 4 is 12.2 Å².